The molecule has 0 fully saturated rings. The summed E-state index contributed by atoms with van der Waals surface area (Å²) in [5, 5.41) is 1.90. The van der Waals surface area contributed by atoms with Gasteiger partial charge in [-0.1, -0.05) is 24.6 Å². The maximum absolute atomic E-state index is 11.7. The molecule has 0 bridgehead atoms. The summed E-state index contributed by atoms with van der Waals surface area (Å²) < 4.78 is 25.2. The van der Waals surface area contributed by atoms with Gasteiger partial charge in [0.15, 0.2) is 0 Å². The first-order chi connectivity index (χ1) is 8.35. The molecular formula is C11H14N2O4S. The van der Waals surface area contributed by atoms with E-state index in [1.54, 1.807) is 23.8 Å². The van der Waals surface area contributed by atoms with Gasteiger partial charge in [0.2, 0.25) is 5.91 Å². The fraction of sp³-hybridized carbons (Fsp3) is 0.273. The molecule has 0 radical (unpaired) electrons. The highest BCUT2D eigenvalue weighted by molar-refractivity contribution is 7.90. The minimum atomic E-state index is -3.94. The van der Waals surface area contributed by atoms with Crippen LogP contribution in [-0.4, -0.2) is 20.4 Å². The molecule has 2 N–H and O–H groups in total. The van der Waals surface area contributed by atoms with Crippen LogP contribution in [0.3, 0.4) is 0 Å². The summed E-state index contributed by atoms with van der Waals surface area (Å²) in [7, 11) is -3.94. The Balaban J connectivity index is 2.79. The van der Waals surface area contributed by atoms with E-state index in [0.717, 1.165) is 5.56 Å². The summed E-state index contributed by atoms with van der Waals surface area (Å²) >= 11 is 0. The van der Waals surface area contributed by atoms with Crippen molar-refractivity contribution >= 4 is 22.0 Å². The number of urea groups is 1. The normalized spacial score (nSPS) is 10.8. The molecule has 0 unspecified atom stereocenters. The number of carbonyl (C=O) groups is 2. The average Bonchev–Trinajstić information content (AvgIpc) is 2.28. The van der Waals surface area contributed by atoms with E-state index < -0.39 is 22.0 Å². The third-order valence-corrected chi connectivity index (χ3v) is 3.48. The molecule has 0 aliphatic heterocycles. The van der Waals surface area contributed by atoms with E-state index in [9.17, 15) is 18.0 Å². The first-order valence-corrected chi connectivity index (χ1v) is 6.77. The molecular weight excluding hydrogens is 256 g/mol. The van der Waals surface area contributed by atoms with Gasteiger partial charge in [0.05, 0.1) is 4.90 Å². The zero-order chi connectivity index (χ0) is 13.8. The molecule has 0 spiro atoms. The summed E-state index contributed by atoms with van der Waals surface area (Å²) in [4.78, 5) is 22.1. The molecule has 0 aromatic heterocycles. The predicted molar refractivity (Wildman–Crippen MR) is 65.3 cm³/mol. The predicted octanol–water partition coefficient (Wildman–Crippen LogP) is 0.920. The van der Waals surface area contributed by atoms with Crippen molar-refractivity contribution in [2.75, 3.05) is 0 Å². The number of rotatable bonds is 3. The number of amides is 3. The van der Waals surface area contributed by atoms with Gasteiger partial charge >= 0.3 is 6.03 Å². The third kappa shape index (κ3) is 3.85. The molecule has 1 rings (SSSR count). The highest BCUT2D eigenvalue weighted by atomic mass is 32.2. The van der Waals surface area contributed by atoms with E-state index >= 15 is 0 Å². The number of benzene rings is 1. The highest BCUT2D eigenvalue weighted by Crippen LogP contribution is 2.09. The molecule has 7 heteroatoms. The van der Waals surface area contributed by atoms with Crippen LogP contribution in [0.5, 0.6) is 0 Å². The minimum Gasteiger partial charge on any atom is -0.277 e. The zero-order valence-corrected chi connectivity index (χ0v) is 10.9. The molecule has 3 amide bonds. The van der Waals surface area contributed by atoms with Gasteiger partial charge in [0.1, 0.15) is 0 Å². The first kappa shape index (κ1) is 14.2. The molecule has 0 saturated carbocycles. The number of imide groups is 1. The van der Waals surface area contributed by atoms with Gasteiger partial charge in [-0.25, -0.2) is 17.9 Å². The SMILES string of the molecule is CCC(=O)NC(=O)NS(=O)(=O)c1ccc(C)cc1. The van der Waals surface area contributed by atoms with Crippen molar-refractivity contribution in [3.05, 3.63) is 29.8 Å². The van der Waals surface area contributed by atoms with Gasteiger partial charge < -0.3 is 0 Å². The topological polar surface area (TPSA) is 92.3 Å². The third-order valence-electron chi connectivity index (χ3n) is 2.13. The van der Waals surface area contributed by atoms with Crippen LogP contribution in [0.25, 0.3) is 0 Å². The van der Waals surface area contributed by atoms with Crippen LogP contribution >= 0.6 is 0 Å². The molecule has 6 nitrogen and oxygen atoms in total. The van der Waals surface area contributed by atoms with Crippen LogP contribution in [0, 0.1) is 6.92 Å². The van der Waals surface area contributed by atoms with Crippen molar-refractivity contribution in [2.45, 2.75) is 25.2 Å². The van der Waals surface area contributed by atoms with Gasteiger partial charge in [-0.2, -0.15) is 0 Å². The Morgan fingerprint density at radius 2 is 1.72 bits per heavy atom. The number of carbonyl (C=O) groups excluding carboxylic acids is 2. The molecule has 1 aromatic carbocycles. The Kier molecular flexibility index (Phi) is 4.43. The number of sulfonamides is 1. The molecule has 0 aliphatic rings. The smallest absolute Gasteiger partial charge is 0.277 e. The van der Waals surface area contributed by atoms with Gasteiger partial charge in [-0.3, -0.25) is 10.1 Å². The summed E-state index contributed by atoms with van der Waals surface area (Å²) in [5.41, 5.74) is 0.902. The Labute approximate surface area is 105 Å². The molecule has 0 atom stereocenters. The van der Waals surface area contributed by atoms with Crippen molar-refractivity contribution in [1.82, 2.24) is 10.0 Å². The van der Waals surface area contributed by atoms with Gasteiger partial charge in [0.25, 0.3) is 10.0 Å². The van der Waals surface area contributed by atoms with E-state index in [2.05, 4.69) is 0 Å². The quantitative estimate of drug-likeness (QED) is 0.854. The number of aryl methyl sites for hydroxylation is 1. The zero-order valence-electron chi connectivity index (χ0n) is 10.1. The van der Waals surface area contributed by atoms with Crippen molar-refractivity contribution in [3.8, 4) is 0 Å². The molecule has 1 aromatic rings. The number of hydrogen-bond acceptors (Lipinski definition) is 4. The maximum atomic E-state index is 11.7. The Morgan fingerprint density at radius 1 is 1.17 bits per heavy atom. The van der Waals surface area contributed by atoms with E-state index in [4.69, 9.17) is 0 Å². The van der Waals surface area contributed by atoms with E-state index in [-0.39, 0.29) is 11.3 Å². The summed E-state index contributed by atoms with van der Waals surface area (Å²) in [6, 6.07) is 4.94. The van der Waals surface area contributed by atoms with Crippen molar-refractivity contribution in [1.29, 1.82) is 0 Å². The second kappa shape index (κ2) is 5.63. The van der Waals surface area contributed by atoms with Crippen molar-refractivity contribution in [3.63, 3.8) is 0 Å². The van der Waals surface area contributed by atoms with Gasteiger partial charge in [-0.15, -0.1) is 0 Å². The summed E-state index contributed by atoms with van der Waals surface area (Å²) in [5.74, 6) is -0.549. The van der Waals surface area contributed by atoms with Crippen molar-refractivity contribution in [2.24, 2.45) is 0 Å². The monoisotopic (exact) mass is 270 g/mol. The van der Waals surface area contributed by atoms with E-state index in [0.29, 0.717) is 0 Å². The number of nitrogens with one attached hydrogen (secondary N) is 2. The average molecular weight is 270 g/mol. The van der Waals surface area contributed by atoms with Crippen molar-refractivity contribution < 1.29 is 18.0 Å². The lowest BCUT2D eigenvalue weighted by Crippen LogP contribution is -2.42. The lowest BCUT2D eigenvalue weighted by Gasteiger charge is -2.07. The molecule has 0 aliphatic carbocycles. The summed E-state index contributed by atoms with van der Waals surface area (Å²) in [6.07, 6.45) is 0.0952. The van der Waals surface area contributed by atoms with Gasteiger partial charge in [-0.05, 0) is 19.1 Å². The van der Waals surface area contributed by atoms with Crippen LogP contribution in [0.4, 0.5) is 4.79 Å². The summed E-state index contributed by atoms with van der Waals surface area (Å²) in [6.45, 7) is 3.37. The fourth-order valence-electron chi connectivity index (χ4n) is 1.14. The van der Waals surface area contributed by atoms with Crippen LogP contribution < -0.4 is 10.0 Å². The molecule has 98 valence electrons. The second-order valence-corrected chi connectivity index (χ2v) is 5.33. The van der Waals surface area contributed by atoms with Crippen LogP contribution in [0.2, 0.25) is 0 Å². The maximum Gasteiger partial charge on any atom is 0.335 e. The standard InChI is InChI=1S/C11H14N2O4S/c1-3-10(14)12-11(15)13-18(16,17)9-6-4-8(2)5-7-9/h4-7H,3H2,1-2H3,(H2,12,13,14,15). The Bertz CT molecular complexity index is 549. The van der Waals surface area contributed by atoms with Crippen LogP contribution in [-0.2, 0) is 14.8 Å². The molecule has 0 saturated heterocycles. The number of hydrogen-bond donors (Lipinski definition) is 2. The highest BCUT2D eigenvalue weighted by Gasteiger charge is 2.18. The van der Waals surface area contributed by atoms with Crippen LogP contribution in [0.15, 0.2) is 29.2 Å². The fourth-order valence-corrected chi connectivity index (χ4v) is 2.05. The lowest BCUT2D eigenvalue weighted by atomic mass is 10.2. The minimum absolute atomic E-state index is 0.0350. The van der Waals surface area contributed by atoms with Gasteiger partial charge in [0, 0.05) is 6.42 Å². The first-order valence-electron chi connectivity index (χ1n) is 5.28. The van der Waals surface area contributed by atoms with Crippen LogP contribution in [0.1, 0.15) is 18.9 Å². The molecule has 0 heterocycles. The van der Waals surface area contributed by atoms with E-state index in [1.165, 1.54) is 12.1 Å². The lowest BCUT2D eigenvalue weighted by molar-refractivity contribution is -0.119. The Morgan fingerprint density at radius 3 is 2.22 bits per heavy atom. The molecule has 18 heavy (non-hydrogen) atoms. The largest absolute Gasteiger partial charge is 0.335 e. The second-order valence-electron chi connectivity index (χ2n) is 3.65. The Hall–Kier alpha value is -1.89. The van der Waals surface area contributed by atoms with E-state index in [1.807, 2.05) is 12.2 Å².